The van der Waals surface area contributed by atoms with E-state index in [2.05, 4.69) is 10.3 Å². The molecule has 9 nitrogen and oxygen atoms in total. The molecule has 0 saturated carbocycles. The van der Waals surface area contributed by atoms with Crippen LogP contribution in [0.1, 0.15) is 47.1 Å². The Morgan fingerprint density at radius 1 is 1.11 bits per heavy atom. The normalized spacial score (nSPS) is 17.9. The summed E-state index contributed by atoms with van der Waals surface area (Å²) in [5.41, 5.74) is 5.91. The molecule has 4 aromatic rings. The van der Waals surface area contributed by atoms with E-state index < -0.39 is 21.9 Å². The van der Waals surface area contributed by atoms with E-state index in [4.69, 9.17) is 4.74 Å². The van der Waals surface area contributed by atoms with Crippen LogP contribution in [0.2, 0.25) is 0 Å². The zero-order valence-electron chi connectivity index (χ0n) is 21.7. The van der Waals surface area contributed by atoms with Gasteiger partial charge in [-0.05, 0) is 66.8 Å². The lowest BCUT2D eigenvalue weighted by Crippen LogP contribution is -2.35. The molecule has 5 rings (SSSR count). The number of carbonyl (C=O) groups is 1. The maximum atomic E-state index is 13.6. The van der Waals surface area contributed by atoms with Crippen molar-refractivity contribution < 1.29 is 23.1 Å². The van der Waals surface area contributed by atoms with Gasteiger partial charge < -0.3 is 9.84 Å². The van der Waals surface area contributed by atoms with Crippen LogP contribution in [0.15, 0.2) is 59.5 Å². The number of rotatable bonds is 6. The molecule has 1 aliphatic rings. The standard InChI is InChI=1S/C28H30N4O5S/c1-17-9-10-20(23(14-27(33)34)21-11-18(2)28-24(13-21)29-30-31(28)4)12-22(17)16-32-15-19(3)37-25-7-5-6-8-26(25)38(32,35)36/h5-13,19,23H,14-16H2,1-4H3,(H,33,34)/t19-,23+/m1/s1. The molecule has 3 aromatic carbocycles. The minimum atomic E-state index is -3.80. The first-order valence-corrected chi connectivity index (χ1v) is 13.9. The number of benzene rings is 3. The molecule has 0 fully saturated rings. The number of nitrogens with zero attached hydrogens (tertiary/aromatic N) is 4. The van der Waals surface area contributed by atoms with Crippen LogP contribution < -0.4 is 4.74 Å². The summed E-state index contributed by atoms with van der Waals surface area (Å²) < 4.78 is 36.2. The first kappa shape index (κ1) is 25.9. The van der Waals surface area contributed by atoms with Gasteiger partial charge in [-0.1, -0.05) is 41.6 Å². The summed E-state index contributed by atoms with van der Waals surface area (Å²) in [5, 5.41) is 18.1. The third-order valence-corrected chi connectivity index (χ3v) is 8.92. The predicted molar refractivity (Wildman–Crippen MR) is 143 cm³/mol. The second kappa shape index (κ2) is 9.85. The molecular formula is C28H30N4O5S. The first-order valence-electron chi connectivity index (χ1n) is 12.4. The summed E-state index contributed by atoms with van der Waals surface area (Å²) in [6, 6.07) is 16.3. The monoisotopic (exact) mass is 534 g/mol. The smallest absolute Gasteiger partial charge is 0.304 e. The van der Waals surface area contributed by atoms with Gasteiger partial charge in [0.2, 0.25) is 10.0 Å². The Morgan fingerprint density at radius 2 is 1.87 bits per heavy atom. The van der Waals surface area contributed by atoms with Crippen LogP contribution in [0.5, 0.6) is 5.75 Å². The summed E-state index contributed by atoms with van der Waals surface area (Å²) in [7, 11) is -1.98. The third-order valence-electron chi connectivity index (χ3n) is 7.07. The molecule has 10 heteroatoms. The molecule has 1 aromatic heterocycles. The van der Waals surface area contributed by atoms with Gasteiger partial charge in [0.1, 0.15) is 22.3 Å². The summed E-state index contributed by atoms with van der Waals surface area (Å²) >= 11 is 0. The van der Waals surface area contributed by atoms with Crippen LogP contribution in [-0.4, -0.2) is 51.4 Å². The summed E-state index contributed by atoms with van der Waals surface area (Å²) in [5.74, 6) is -1.02. The Labute approximate surface area is 221 Å². The Morgan fingerprint density at radius 3 is 2.63 bits per heavy atom. The topological polar surface area (TPSA) is 115 Å². The molecule has 1 N–H and O–H groups in total. The van der Waals surface area contributed by atoms with Crippen molar-refractivity contribution in [3.63, 3.8) is 0 Å². The molecule has 0 radical (unpaired) electrons. The highest BCUT2D eigenvalue weighted by Gasteiger charge is 2.33. The van der Waals surface area contributed by atoms with Gasteiger partial charge in [-0.3, -0.25) is 4.79 Å². The molecule has 2 heterocycles. The van der Waals surface area contributed by atoms with E-state index in [1.165, 1.54) is 4.31 Å². The number of hydrogen-bond donors (Lipinski definition) is 1. The average Bonchev–Trinajstić information content (AvgIpc) is 3.20. The van der Waals surface area contributed by atoms with Gasteiger partial charge in [0.15, 0.2) is 0 Å². The third kappa shape index (κ3) is 4.77. The van der Waals surface area contributed by atoms with E-state index in [0.29, 0.717) is 11.3 Å². The Hall–Kier alpha value is -3.76. The predicted octanol–water partition coefficient (Wildman–Crippen LogP) is 4.16. The van der Waals surface area contributed by atoms with Gasteiger partial charge in [0.05, 0.1) is 18.5 Å². The lowest BCUT2D eigenvalue weighted by Gasteiger charge is -2.24. The second-order valence-electron chi connectivity index (χ2n) is 9.93. The van der Waals surface area contributed by atoms with Crippen LogP contribution >= 0.6 is 0 Å². The number of ether oxygens (including phenoxy) is 1. The lowest BCUT2D eigenvalue weighted by molar-refractivity contribution is -0.137. The summed E-state index contributed by atoms with van der Waals surface area (Å²) in [4.78, 5) is 12.1. The van der Waals surface area contributed by atoms with E-state index in [1.54, 1.807) is 28.9 Å². The van der Waals surface area contributed by atoms with Crippen molar-refractivity contribution in [2.24, 2.45) is 7.05 Å². The van der Waals surface area contributed by atoms with Crippen molar-refractivity contribution in [2.45, 2.75) is 50.7 Å². The largest absolute Gasteiger partial charge is 0.488 e. The SMILES string of the molecule is Cc1ccc([C@H](CC(=O)O)c2cc(C)c3c(c2)nnn3C)cc1CN1C[C@@H](C)Oc2ccccc2S1(=O)=O. The van der Waals surface area contributed by atoms with Gasteiger partial charge in [0, 0.05) is 19.5 Å². The summed E-state index contributed by atoms with van der Waals surface area (Å²) in [6.45, 7) is 6.08. The van der Waals surface area contributed by atoms with E-state index in [1.807, 2.05) is 58.2 Å². The van der Waals surface area contributed by atoms with E-state index >= 15 is 0 Å². The zero-order chi connectivity index (χ0) is 27.2. The average molecular weight is 535 g/mol. The number of para-hydroxylation sites is 1. The highest BCUT2D eigenvalue weighted by Crippen LogP contribution is 2.35. The minimum Gasteiger partial charge on any atom is -0.488 e. The highest BCUT2D eigenvalue weighted by molar-refractivity contribution is 7.89. The molecule has 0 amide bonds. The van der Waals surface area contributed by atoms with Crippen molar-refractivity contribution in [2.75, 3.05) is 6.54 Å². The fourth-order valence-electron chi connectivity index (χ4n) is 5.21. The quantitative estimate of drug-likeness (QED) is 0.395. The maximum absolute atomic E-state index is 13.6. The number of aryl methyl sites for hydroxylation is 3. The van der Waals surface area contributed by atoms with Gasteiger partial charge in [-0.15, -0.1) is 5.10 Å². The molecule has 0 aliphatic carbocycles. The Bertz CT molecular complexity index is 1650. The van der Waals surface area contributed by atoms with Gasteiger partial charge in [0.25, 0.3) is 0 Å². The van der Waals surface area contributed by atoms with Crippen LogP contribution in [0.3, 0.4) is 0 Å². The number of aromatic nitrogens is 3. The highest BCUT2D eigenvalue weighted by atomic mass is 32.2. The molecule has 198 valence electrons. The number of carboxylic acids is 1. The molecule has 0 saturated heterocycles. The molecule has 2 atom stereocenters. The fourth-order valence-corrected chi connectivity index (χ4v) is 6.82. The van der Waals surface area contributed by atoms with Gasteiger partial charge in [-0.25, -0.2) is 13.1 Å². The molecule has 0 bridgehead atoms. The van der Waals surface area contributed by atoms with Crippen molar-refractivity contribution in [1.29, 1.82) is 0 Å². The minimum absolute atomic E-state index is 0.117. The van der Waals surface area contributed by atoms with Gasteiger partial charge >= 0.3 is 5.97 Å². The molecule has 0 spiro atoms. The Kier molecular flexibility index (Phi) is 6.70. The number of fused-ring (bicyclic) bond motifs is 2. The lowest BCUT2D eigenvalue weighted by atomic mass is 9.86. The van der Waals surface area contributed by atoms with Crippen molar-refractivity contribution >= 4 is 27.0 Å². The first-order chi connectivity index (χ1) is 18.0. The van der Waals surface area contributed by atoms with Gasteiger partial charge in [-0.2, -0.15) is 4.31 Å². The molecule has 0 unspecified atom stereocenters. The van der Waals surface area contributed by atoms with E-state index in [-0.39, 0.29) is 30.5 Å². The van der Waals surface area contributed by atoms with Crippen molar-refractivity contribution in [3.05, 3.63) is 82.4 Å². The van der Waals surface area contributed by atoms with Crippen LogP contribution in [0.25, 0.3) is 11.0 Å². The zero-order valence-corrected chi connectivity index (χ0v) is 22.6. The van der Waals surface area contributed by atoms with Crippen molar-refractivity contribution in [3.8, 4) is 5.75 Å². The number of hydrogen-bond acceptors (Lipinski definition) is 6. The molecule has 1 aliphatic heterocycles. The number of aliphatic carboxylic acids is 1. The fraction of sp³-hybridized carbons (Fsp3) is 0.321. The van der Waals surface area contributed by atoms with E-state index in [0.717, 1.165) is 33.3 Å². The Balaban J connectivity index is 1.55. The van der Waals surface area contributed by atoms with Crippen LogP contribution in [0.4, 0.5) is 0 Å². The number of carboxylic acid groups (broad SMARTS) is 1. The summed E-state index contributed by atoms with van der Waals surface area (Å²) in [6.07, 6.45) is -0.452. The molecule has 38 heavy (non-hydrogen) atoms. The molecular weight excluding hydrogens is 504 g/mol. The van der Waals surface area contributed by atoms with Crippen molar-refractivity contribution in [1.82, 2.24) is 19.3 Å². The van der Waals surface area contributed by atoms with E-state index in [9.17, 15) is 18.3 Å². The second-order valence-corrected chi connectivity index (χ2v) is 11.8. The van der Waals surface area contributed by atoms with Crippen LogP contribution in [0, 0.1) is 13.8 Å². The van der Waals surface area contributed by atoms with Crippen LogP contribution in [-0.2, 0) is 28.4 Å². The number of sulfonamides is 1. The maximum Gasteiger partial charge on any atom is 0.304 e.